The number of hydrogen-bond acceptors (Lipinski definition) is 6. The van der Waals surface area contributed by atoms with Gasteiger partial charge in [0, 0.05) is 29.2 Å². The van der Waals surface area contributed by atoms with Gasteiger partial charge in [-0.3, -0.25) is 4.98 Å². The Kier molecular flexibility index (Phi) is 6.24. The minimum atomic E-state index is -2.49. The van der Waals surface area contributed by atoms with Crippen molar-refractivity contribution in [2.24, 2.45) is 5.41 Å². The number of anilines is 2. The van der Waals surface area contributed by atoms with E-state index in [4.69, 9.17) is 11.6 Å². The van der Waals surface area contributed by atoms with E-state index in [1.54, 1.807) is 23.0 Å². The van der Waals surface area contributed by atoms with Gasteiger partial charge in [-0.1, -0.05) is 35.4 Å². The summed E-state index contributed by atoms with van der Waals surface area (Å²) in [5.41, 5.74) is 0.881. The molecule has 2 aliphatic rings. The molecule has 2 aromatic carbocycles. The quantitative estimate of drug-likeness (QED) is 0.235. The molecule has 0 radical (unpaired) electrons. The van der Waals surface area contributed by atoms with Crippen LogP contribution in [0.3, 0.4) is 0 Å². The van der Waals surface area contributed by atoms with E-state index in [1.807, 2.05) is 0 Å². The minimum absolute atomic E-state index is 0.00400. The zero-order chi connectivity index (χ0) is 28.1. The third-order valence-corrected chi connectivity index (χ3v) is 7.85. The minimum Gasteiger partial charge on any atom is -0.383 e. The highest BCUT2D eigenvalue weighted by molar-refractivity contribution is 6.35. The summed E-state index contributed by atoms with van der Waals surface area (Å²) in [5, 5.41) is 25.2. The zero-order valence-corrected chi connectivity index (χ0v) is 21.5. The van der Waals surface area contributed by atoms with Crippen molar-refractivity contribution in [1.82, 2.24) is 20.0 Å². The van der Waals surface area contributed by atoms with Crippen molar-refractivity contribution in [2.75, 3.05) is 17.2 Å². The number of pyridine rings is 1. The van der Waals surface area contributed by atoms with E-state index in [1.165, 1.54) is 30.5 Å². The highest BCUT2D eigenvalue weighted by Crippen LogP contribution is 2.46. The molecule has 11 heteroatoms. The third kappa shape index (κ3) is 4.87. The van der Waals surface area contributed by atoms with Crippen LogP contribution in [0.2, 0.25) is 5.02 Å². The molecule has 2 aromatic heterocycles. The van der Waals surface area contributed by atoms with Gasteiger partial charge >= 0.3 is 0 Å². The maximum atomic E-state index is 13.8. The Morgan fingerprint density at radius 1 is 1.23 bits per heavy atom. The first-order valence-electron chi connectivity index (χ1n) is 13.2. The number of rotatable bonds is 9. The predicted molar refractivity (Wildman–Crippen MR) is 142 cm³/mol. The Bertz CT molecular complexity index is 1610. The summed E-state index contributed by atoms with van der Waals surface area (Å²) in [4.78, 5) is 4.33. The molecule has 2 aliphatic carbocycles. The van der Waals surface area contributed by atoms with Gasteiger partial charge in [-0.2, -0.15) is 5.26 Å². The molecule has 200 valence electrons. The summed E-state index contributed by atoms with van der Waals surface area (Å²) in [6.07, 6.45) is 4.07. The van der Waals surface area contributed by atoms with Crippen LogP contribution >= 0.6 is 11.6 Å². The van der Waals surface area contributed by atoms with Gasteiger partial charge in [0.25, 0.3) is 0 Å². The first kappa shape index (κ1) is 24.2. The number of nitrogens with zero attached hydrogens (tertiary/aromatic N) is 5. The molecule has 0 amide bonds. The van der Waals surface area contributed by atoms with Gasteiger partial charge in [-0.05, 0) is 55.5 Å². The highest BCUT2D eigenvalue weighted by Gasteiger charge is 2.45. The molecule has 0 unspecified atom stereocenters. The highest BCUT2D eigenvalue weighted by atomic mass is 35.5. The van der Waals surface area contributed by atoms with Crippen LogP contribution in [0.4, 0.5) is 24.5 Å². The van der Waals surface area contributed by atoms with Gasteiger partial charge in [-0.25, -0.2) is 17.9 Å². The van der Waals surface area contributed by atoms with Crippen molar-refractivity contribution in [2.45, 2.75) is 50.6 Å². The molecule has 0 spiro atoms. The number of nitriles is 1. The van der Waals surface area contributed by atoms with Crippen LogP contribution in [0.15, 0.2) is 48.8 Å². The number of nitrogens with one attached hydrogen (secondary N) is 2. The summed E-state index contributed by atoms with van der Waals surface area (Å²) in [7, 11) is 0. The number of benzene rings is 2. The van der Waals surface area contributed by atoms with Crippen molar-refractivity contribution in [3.63, 3.8) is 0 Å². The number of halogens is 4. The first-order valence-corrected chi connectivity index (χ1v) is 13.1. The maximum absolute atomic E-state index is 13.8. The van der Waals surface area contributed by atoms with Gasteiger partial charge < -0.3 is 10.6 Å². The fourth-order valence-corrected chi connectivity index (χ4v) is 5.20. The lowest BCUT2D eigenvalue weighted by Gasteiger charge is -2.41. The third-order valence-electron chi connectivity index (χ3n) is 7.56. The van der Waals surface area contributed by atoms with Crippen LogP contribution in [-0.4, -0.2) is 32.9 Å². The molecule has 2 fully saturated rings. The fraction of sp³-hybridized carbons (Fsp3) is 0.357. The van der Waals surface area contributed by atoms with E-state index in [0.29, 0.717) is 46.4 Å². The number of fused-ring (bicyclic) bond motifs is 1. The number of aromatic nitrogens is 4. The lowest BCUT2D eigenvalue weighted by Crippen LogP contribution is -2.42. The summed E-state index contributed by atoms with van der Waals surface area (Å²) < 4.78 is 52.7. The van der Waals surface area contributed by atoms with Gasteiger partial charge in [0.15, 0.2) is 0 Å². The average molecular weight is 553 g/mol. The fourth-order valence-electron chi connectivity index (χ4n) is 4.93. The van der Waals surface area contributed by atoms with Gasteiger partial charge in [0.05, 0.1) is 41.4 Å². The topological polar surface area (TPSA) is 91.5 Å². The molecule has 0 aliphatic heterocycles. The smallest absolute Gasteiger partial charge is 0.245 e. The van der Waals surface area contributed by atoms with Gasteiger partial charge in [-0.15, -0.1) is 5.10 Å². The largest absolute Gasteiger partial charge is 0.383 e. The van der Waals surface area contributed by atoms with E-state index in [-0.39, 0.29) is 23.2 Å². The van der Waals surface area contributed by atoms with Crippen molar-refractivity contribution >= 4 is 33.9 Å². The number of alkyl halides is 2. The molecular formula is C28H25ClF3N7. The maximum Gasteiger partial charge on any atom is 0.245 e. The molecule has 0 saturated heterocycles. The van der Waals surface area contributed by atoms with Crippen LogP contribution in [0, 0.1) is 22.6 Å². The van der Waals surface area contributed by atoms with Crippen LogP contribution in [-0.2, 0) is 0 Å². The molecular weight excluding hydrogens is 527 g/mol. The molecule has 1 atom stereocenters. The van der Waals surface area contributed by atoms with E-state index in [2.05, 4.69) is 32.0 Å². The molecule has 0 bridgehead atoms. The predicted octanol–water partition coefficient (Wildman–Crippen LogP) is 6.87. The SMILES string of the molecule is [2H][C@](Nc1cc(Cl)c2ncc(C#N)c(NCC3(C(F)F)CCC3)c2c1)(c1ccc(F)cc1)c1cn(C2CC2)nn1. The molecule has 2 heterocycles. The summed E-state index contributed by atoms with van der Waals surface area (Å²) in [6.45, 7) is -0.00400. The monoisotopic (exact) mass is 552 g/mol. The van der Waals surface area contributed by atoms with E-state index in [0.717, 1.165) is 19.3 Å². The summed E-state index contributed by atoms with van der Waals surface area (Å²) >= 11 is 6.63. The Morgan fingerprint density at radius 2 is 2.00 bits per heavy atom. The molecule has 6 rings (SSSR count). The standard InChI is InChI=1S/C28H25ClF3N7/c29-22-11-19(36-25(16-2-4-18(30)5-3-16)23-14-39(38-37-23)20-6-7-20)10-21-24(17(12-33)13-34-26(21)22)35-15-28(27(31)32)8-1-9-28/h2-5,10-11,13-14,20,25,27,36H,1,6-9,15H2,(H,34,35)/t25-/m0/s1/i25D. The van der Waals surface area contributed by atoms with Gasteiger partial charge in [0.1, 0.15) is 17.6 Å². The van der Waals surface area contributed by atoms with Crippen LogP contribution < -0.4 is 10.6 Å². The molecule has 2 N–H and O–H groups in total. The number of hydrogen-bond donors (Lipinski definition) is 2. The second kappa shape index (κ2) is 10.0. The second-order valence-corrected chi connectivity index (χ2v) is 10.6. The molecule has 4 aromatic rings. The van der Waals surface area contributed by atoms with E-state index >= 15 is 0 Å². The Balaban J connectivity index is 1.42. The van der Waals surface area contributed by atoms with Crippen molar-refractivity contribution in [1.29, 1.82) is 5.26 Å². The van der Waals surface area contributed by atoms with Gasteiger partial charge in [0.2, 0.25) is 6.43 Å². The lowest BCUT2D eigenvalue weighted by atomic mass is 9.69. The normalized spacial score (nSPS) is 18.2. The Morgan fingerprint density at radius 3 is 2.64 bits per heavy atom. The van der Waals surface area contributed by atoms with Crippen LogP contribution in [0.5, 0.6) is 0 Å². The van der Waals surface area contributed by atoms with Crippen molar-refractivity contribution in [3.8, 4) is 6.07 Å². The summed E-state index contributed by atoms with van der Waals surface area (Å²) in [6, 6.07) is 9.44. The van der Waals surface area contributed by atoms with Crippen molar-refractivity contribution < 1.29 is 14.5 Å². The lowest BCUT2D eigenvalue weighted by molar-refractivity contribution is -0.0500. The summed E-state index contributed by atoms with van der Waals surface area (Å²) in [5.74, 6) is -0.444. The average Bonchev–Trinajstić information content (AvgIpc) is 3.63. The van der Waals surface area contributed by atoms with E-state index < -0.39 is 23.7 Å². The second-order valence-electron chi connectivity index (χ2n) is 10.2. The molecule has 39 heavy (non-hydrogen) atoms. The Labute approximate surface area is 229 Å². The zero-order valence-electron chi connectivity index (χ0n) is 21.8. The molecule has 7 nitrogen and oxygen atoms in total. The van der Waals surface area contributed by atoms with Crippen molar-refractivity contribution in [3.05, 3.63) is 76.5 Å². The van der Waals surface area contributed by atoms with Crippen LogP contribution in [0.1, 0.15) is 62.4 Å². The van der Waals surface area contributed by atoms with E-state index in [9.17, 15) is 19.8 Å². The van der Waals surface area contributed by atoms with Crippen LogP contribution in [0.25, 0.3) is 10.9 Å². The molecule has 2 saturated carbocycles. The first-order chi connectivity index (χ1) is 19.2. The Hall–Kier alpha value is -3.84.